The number of sulfonamides is 1. The second-order valence-electron chi connectivity index (χ2n) is 10.2. The molecule has 0 aliphatic carbocycles. The van der Waals surface area contributed by atoms with E-state index in [0.717, 1.165) is 5.56 Å². The van der Waals surface area contributed by atoms with Gasteiger partial charge in [0.1, 0.15) is 5.75 Å². The van der Waals surface area contributed by atoms with Gasteiger partial charge in [-0.25, -0.2) is 13.2 Å². The first-order chi connectivity index (χ1) is 17.4. The minimum atomic E-state index is -3.91. The van der Waals surface area contributed by atoms with Crippen LogP contribution >= 0.6 is 0 Å². The van der Waals surface area contributed by atoms with Crippen LogP contribution in [-0.2, 0) is 25.9 Å². The molecule has 3 rings (SSSR count). The molecule has 204 valence electrons. The van der Waals surface area contributed by atoms with Gasteiger partial charge < -0.3 is 25.2 Å². The van der Waals surface area contributed by atoms with Gasteiger partial charge in [-0.1, -0.05) is 26.8 Å². The number of nitrogen functional groups attached to an aromatic ring is 1. The summed E-state index contributed by atoms with van der Waals surface area (Å²) in [5, 5.41) is 10.9. The smallest absolute Gasteiger partial charge is 0.410 e. The van der Waals surface area contributed by atoms with Crippen molar-refractivity contribution in [2.24, 2.45) is 5.92 Å². The quantitative estimate of drug-likeness (QED) is 0.411. The standard InChI is InChI=1S/C27H39N3O6S/c1-6-27(17-35-18-27)36-26(32)29(5)20(4)7-8-21-9-14-24(25(31)15-21)30(16-19(2)3)37(33,34)23-12-10-22(28)11-13-23/h9-15,19-20,31H,6-8,16-18,28H2,1-5H3. The first-order valence-electron chi connectivity index (χ1n) is 12.6. The van der Waals surface area contributed by atoms with Crippen molar-refractivity contribution in [2.75, 3.05) is 36.8 Å². The fourth-order valence-electron chi connectivity index (χ4n) is 4.03. The molecule has 0 radical (unpaired) electrons. The van der Waals surface area contributed by atoms with E-state index in [0.29, 0.717) is 38.2 Å². The van der Waals surface area contributed by atoms with Crippen molar-refractivity contribution in [1.29, 1.82) is 0 Å². The fraction of sp³-hybridized carbons (Fsp3) is 0.519. The van der Waals surface area contributed by atoms with Gasteiger partial charge in [-0.2, -0.15) is 0 Å². The van der Waals surface area contributed by atoms with Gasteiger partial charge in [-0.15, -0.1) is 0 Å². The minimum absolute atomic E-state index is 0.0251. The normalized spacial score (nSPS) is 15.6. The zero-order valence-electron chi connectivity index (χ0n) is 22.3. The molecule has 37 heavy (non-hydrogen) atoms. The van der Waals surface area contributed by atoms with E-state index in [1.807, 2.05) is 33.8 Å². The second kappa shape index (κ2) is 11.6. The number of phenols is 1. The summed E-state index contributed by atoms with van der Waals surface area (Å²) in [5.74, 6) is -0.0930. The minimum Gasteiger partial charge on any atom is -0.506 e. The van der Waals surface area contributed by atoms with Crippen LogP contribution in [0.4, 0.5) is 16.2 Å². The summed E-state index contributed by atoms with van der Waals surface area (Å²) in [7, 11) is -2.20. The van der Waals surface area contributed by atoms with Gasteiger partial charge in [0.2, 0.25) is 0 Å². The van der Waals surface area contributed by atoms with Gasteiger partial charge in [0.25, 0.3) is 10.0 Å². The van der Waals surface area contributed by atoms with E-state index in [4.69, 9.17) is 15.2 Å². The summed E-state index contributed by atoms with van der Waals surface area (Å²) in [6.07, 6.45) is 1.55. The molecule has 1 aliphatic heterocycles. The highest BCUT2D eigenvalue weighted by Crippen LogP contribution is 2.34. The second-order valence-corrected chi connectivity index (χ2v) is 12.1. The van der Waals surface area contributed by atoms with Crippen molar-refractivity contribution in [3.05, 3.63) is 48.0 Å². The number of carbonyl (C=O) groups excluding carboxylic acids is 1. The lowest BCUT2D eigenvalue weighted by molar-refractivity contribution is -0.184. The molecule has 9 nitrogen and oxygen atoms in total. The number of carbonyl (C=O) groups is 1. The van der Waals surface area contributed by atoms with Crippen molar-refractivity contribution in [3.63, 3.8) is 0 Å². The van der Waals surface area contributed by atoms with Crippen molar-refractivity contribution in [2.45, 2.75) is 63.5 Å². The van der Waals surface area contributed by atoms with Crippen LogP contribution in [0.1, 0.15) is 46.1 Å². The summed E-state index contributed by atoms with van der Waals surface area (Å²) in [6.45, 7) is 8.79. The number of nitrogens with zero attached hydrogens (tertiary/aromatic N) is 2. The van der Waals surface area contributed by atoms with Crippen LogP contribution < -0.4 is 10.0 Å². The molecule has 1 unspecified atom stereocenters. The van der Waals surface area contributed by atoms with Crippen molar-refractivity contribution in [1.82, 2.24) is 4.90 Å². The van der Waals surface area contributed by atoms with Crippen molar-refractivity contribution in [3.8, 4) is 5.75 Å². The number of hydrogen-bond donors (Lipinski definition) is 2. The molecule has 0 spiro atoms. The molecule has 1 heterocycles. The number of hydrogen-bond acceptors (Lipinski definition) is 7. The molecule has 1 saturated heterocycles. The monoisotopic (exact) mass is 533 g/mol. The Kier molecular flexibility index (Phi) is 8.96. The molecule has 10 heteroatoms. The highest BCUT2D eigenvalue weighted by Gasteiger charge is 2.42. The lowest BCUT2D eigenvalue weighted by Gasteiger charge is -2.41. The molecular formula is C27H39N3O6S. The maximum Gasteiger partial charge on any atom is 0.410 e. The molecule has 3 N–H and O–H groups in total. The summed E-state index contributed by atoms with van der Waals surface area (Å²) < 4.78 is 39.0. The maximum absolute atomic E-state index is 13.4. The number of aromatic hydroxyl groups is 1. The zero-order valence-corrected chi connectivity index (χ0v) is 23.1. The summed E-state index contributed by atoms with van der Waals surface area (Å²) in [4.78, 5) is 14.3. The highest BCUT2D eigenvalue weighted by molar-refractivity contribution is 7.92. The topological polar surface area (TPSA) is 122 Å². The third-order valence-electron chi connectivity index (χ3n) is 6.79. The van der Waals surface area contributed by atoms with Crippen LogP contribution in [0.5, 0.6) is 5.75 Å². The van der Waals surface area contributed by atoms with Gasteiger partial charge in [-0.05, 0) is 74.1 Å². The Hall–Kier alpha value is -2.98. The predicted molar refractivity (Wildman–Crippen MR) is 144 cm³/mol. The molecule has 2 aromatic carbocycles. The van der Waals surface area contributed by atoms with E-state index < -0.39 is 15.6 Å². The van der Waals surface area contributed by atoms with Crippen LogP contribution in [0.2, 0.25) is 0 Å². The number of phenolic OH excluding ortho intramolecular Hbond substituents is 1. The number of rotatable bonds is 11. The number of amides is 1. The maximum atomic E-state index is 13.4. The number of benzene rings is 2. The van der Waals surface area contributed by atoms with Gasteiger partial charge in [0.15, 0.2) is 5.60 Å². The molecule has 0 aromatic heterocycles. The lowest BCUT2D eigenvalue weighted by atomic mass is 9.99. The van der Waals surface area contributed by atoms with Crippen LogP contribution in [-0.4, -0.2) is 63.0 Å². The SMILES string of the molecule is CCC1(OC(=O)N(C)C(C)CCc2ccc(N(CC(C)C)S(=O)(=O)c3ccc(N)cc3)c(O)c2)COC1. The Labute approximate surface area is 220 Å². The first-order valence-corrected chi connectivity index (χ1v) is 14.1. The van der Waals surface area contributed by atoms with Crippen LogP contribution in [0.15, 0.2) is 47.4 Å². The molecule has 1 atom stereocenters. The van der Waals surface area contributed by atoms with Crippen molar-refractivity contribution >= 4 is 27.5 Å². The molecule has 0 saturated carbocycles. The van der Waals surface area contributed by atoms with E-state index >= 15 is 0 Å². The molecule has 1 aliphatic rings. The molecular weight excluding hydrogens is 494 g/mol. The predicted octanol–water partition coefficient (Wildman–Crippen LogP) is 4.39. The Morgan fingerprint density at radius 1 is 1.16 bits per heavy atom. The molecule has 1 amide bonds. The van der Waals surface area contributed by atoms with Gasteiger partial charge in [-0.3, -0.25) is 4.31 Å². The van der Waals surface area contributed by atoms with Gasteiger partial charge in [0, 0.05) is 25.3 Å². The Morgan fingerprint density at radius 3 is 2.32 bits per heavy atom. The number of aryl methyl sites for hydroxylation is 1. The van der Waals surface area contributed by atoms with Crippen LogP contribution in [0, 0.1) is 5.92 Å². The molecule has 0 bridgehead atoms. The summed E-state index contributed by atoms with van der Waals surface area (Å²) >= 11 is 0. The van der Waals surface area contributed by atoms with E-state index in [-0.39, 0.29) is 40.9 Å². The Morgan fingerprint density at radius 2 is 1.81 bits per heavy atom. The molecule has 1 fully saturated rings. The summed E-state index contributed by atoms with van der Waals surface area (Å²) in [5.41, 5.74) is 6.72. The van der Waals surface area contributed by atoms with E-state index in [1.54, 1.807) is 36.2 Å². The number of ether oxygens (including phenoxy) is 2. The first kappa shape index (κ1) is 28.6. The third-order valence-corrected chi connectivity index (χ3v) is 8.58. The van der Waals surface area contributed by atoms with Gasteiger partial charge in [0.05, 0.1) is 23.8 Å². The van der Waals surface area contributed by atoms with E-state index in [9.17, 15) is 18.3 Å². The summed E-state index contributed by atoms with van der Waals surface area (Å²) in [6, 6.07) is 10.9. The number of nitrogens with two attached hydrogens (primary N) is 1. The van der Waals surface area contributed by atoms with Gasteiger partial charge >= 0.3 is 6.09 Å². The fourth-order valence-corrected chi connectivity index (χ4v) is 5.67. The largest absolute Gasteiger partial charge is 0.506 e. The van der Waals surface area contributed by atoms with Crippen molar-refractivity contribution < 1.29 is 27.8 Å². The molecule has 2 aromatic rings. The van der Waals surface area contributed by atoms with E-state index in [2.05, 4.69) is 0 Å². The van der Waals surface area contributed by atoms with Crippen LogP contribution in [0.3, 0.4) is 0 Å². The van der Waals surface area contributed by atoms with Crippen LogP contribution in [0.25, 0.3) is 0 Å². The average molecular weight is 534 g/mol. The van der Waals surface area contributed by atoms with E-state index in [1.165, 1.54) is 16.4 Å². The average Bonchev–Trinajstić information content (AvgIpc) is 2.83. The zero-order chi connectivity index (χ0) is 27.4. The Bertz CT molecular complexity index is 1170. The Balaban J connectivity index is 1.71. The highest BCUT2D eigenvalue weighted by atomic mass is 32.2. The third kappa shape index (κ3) is 6.67. The number of anilines is 2. The lowest BCUT2D eigenvalue weighted by Crippen LogP contribution is -2.54.